The van der Waals surface area contributed by atoms with E-state index in [1.807, 2.05) is 0 Å². The number of ether oxygens (including phenoxy) is 1. The molecule has 2 rings (SSSR count). The molecule has 0 atom stereocenters. The minimum absolute atomic E-state index is 0. The van der Waals surface area contributed by atoms with Gasteiger partial charge in [0.2, 0.25) is 0 Å². The van der Waals surface area contributed by atoms with Gasteiger partial charge in [0.05, 0.1) is 26.3 Å². The fourth-order valence-corrected chi connectivity index (χ4v) is 3.20. The van der Waals surface area contributed by atoms with Crippen LogP contribution in [0.1, 0.15) is 12.6 Å². The van der Waals surface area contributed by atoms with Gasteiger partial charge in [-0.1, -0.05) is 0 Å². The second kappa shape index (κ2) is 11.3. The van der Waals surface area contributed by atoms with E-state index >= 15 is 0 Å². The number of hydrogen-bond donors (Lipinski definition) is 1. The molecule has 0 radical (unpaired) electrons. The Labute approximate surface area is 170 Å². The Morgan fingerprint density at radius 3 is 2.71 bits per heavy atom. The van der Waals surface area contributed by atoms with Crippen molar-refractivity contribution in [1.82, 2.24) is 19.7 Å². The predicted octanol–water partition coefficient (Wildman–Crippen LogP) is 2.14. The first-order valence-corrected chi connectivity index (χ1v) is 8.99. The van der Waals surface area contributed by atoms with Crippen molar-refractivity contribution in [3.05, 3.63) is 22.4 Å². The van der Waals surface area contributed by atoms with E-state index in [0.717, 1.165) is 62.9 Å². The van der Waals surface area contributed by atoms with Gasteiger partial charge in [-0.3, -0.25) is 9.89 Å². The van der Waals surface area contributed by atoms with E-state index in [0.29, 0.717) is 0 Å². The number of morpholine rings is 1. The summed E-state index contributed by atoms with van der Waals surface area (Å²) in [4.78, 5) is 9.35. The molecule has 0 aliphatic carbocycles. The predicted molar refractivity (Wildman–Crippen MR) is 113 cm³/mol. The maximum absolute atomic E-state index is 5.38. The Morgan fingerprint density at radius 1 is 1.42 bits per heavy atom. The van der Waals surface area contributed by atoms with Crippen molar-refractivity contribution in [2.75, 3.05) is 53.0 Å². The lowest BCUT2D eigenvalue weighted by Gasteiger charge is -2.26. The second-order valence-corrected chi connectivity index (χ2v) is 6.72. The Kier molecular flexibility index (Phi) is 10.3. The fraction of sp³-hybridized carbons (Fsp3) is 0.688. The minimum Gasteiger partial charge on any atom is -0.379 e. The zero-order chi connectivity index (χ0) is 16.7. The van der Waals surface area contributed by atoms with Crippen molar-refractivity contribution >= 4 is 45.9 Å². The van der Waals surface area contributed by atoms with Gasteiger partial charge in [-0.15, -0.1) is 24.0 Å². The number of aliphatic imine (C=N–C) groups is 1. The highest BCUT2D eigenvalue weighted by Crippen LogP contribution is 2.14. The summed E-state index contributed by atoms with van der Waals surface area (Å²) in [6, 6.07) is 2.15. The molecule has 138 valence electrons. The number of halogens is 2. The molecule has 1 saturated heterocycles. The first-order valence-electron chi connectivity index (χ1n) is 8.20. The van der Waals surface area contributed by atoms with E-state index in [4.69, 9.17) is 9.73 Å². The van der Waals surface area contributed by atoms with Crippen LogP contribution >= 0.6 is 39.9 Å². The zero-order valence-electron chi connectivity index (χ0n) is 14.8. The molecule has 1 fully saturated rings. The summed E-state index contributed by atoms with van der Waals surface area (Å²) < 4.78 is 8.62. The number of aromatic nitrogens is 1. The third kappa shape index (κ3) is 6.89. The molecule has 8 heteroatoms. The molecule has 0 unspecified atom stereocenters. The summed E-state index contributed by atoms with van der Waals surface area (Å²) in [5.41, 5.74) is 1.25. The first-order chi connectivity index (χ1) is 11.1. The molecule has 6 nitrogen and oxygen atoms in total. The molecule has 0 aromatic carbocycles. The maximum Gasteiger partial charge on any atom is 0.194 e. The Morgan fingerprint density at radius 2 is 2.12 bits per heavy atom. The normalized spacial score (nSPS) is 15.9. The number of nitrogens with one attached hydrogen (secondary N) is 1. The van der Waals surface area contributed by atoms with E-state index in [1.165, 1.54) is 5.69 Å². The third-order valence-electron chi connectivity index (χ3n) is 3.95. The van der Waals surface area contributed by atoms with Gasteiger partial charge in [-0.25, -0.2) is 0 Å². The molecule has 24 heavy (non-hydrogen) atoms. The molecule has 0 saturated carbocycles. The smallest absolute Gasteiger partial charge is 0.194 e. The monoisotopic (exact) mass is 513 g/mol. The molecule has 0 amide bonds. The highest BCUT2D eigenvalue weighted by Gasteiger charge is 2.11. The quantitative estimate of drug-likeness (QED) is 0.359. The van der Waals surface area contributed by atoms with Gasteiger partial charge < -0.3 is 19.5 Å². The Bertz CT molecular complexity index is 517. The lowest BCUT2D eigenvalue weighted by Crippen LogP contribution is -2.40. The maximum atomic E-state index is 5.38. The average Bonchev–Trinajstić information content (AvgIpc) is 2.85. The summed E-state index contributed by atoms with van der Waals surface area (Å²) in [5, 5.41) is 3.38. The van der Waals surface area contributed by atoms with Gasteiger partial charge in [-0.2, -0.15) is 0 Å². The van der Waals surface area contributed by atoms with E-state index in [9.17, 15) is 0 Å². The van der Waals surface area contributed by atoms with Crippen LogP contribution in [0.3, 0.4) is 0 Å². The van der Waals surface area contributed by atoms with Crippen LogP contribution in [-0.2, 0) is 18.3 Å². The average molecular weight is 514 g/mol. The summed E-state index contributed by atoms with van der Waals surface area (Å²) in [7, 11) is 4.15. The van der Waals surface area contributed by atoms with Gasteiger partial charge in [0.1, 0.15) is 0 Å². The number of guanidine groups is 1. The molecule has 2 heterocycles. The molecular formula is C16H29BrIN5O. The van der Waals surface area contributed by atoms with Gasteiger partial charge in [0, 0.05) is 56.6 Å². The molecule has 1 aromatic rings. The van der Waals surface area contributed by atoms with Crippen LogP contribution < -0.4 is 5.32 Å². The van der Waals surface area contributed by atoms with Gasteiger partial charge in [0.25, 0.3) is 0 Å². The number of rotatable bonds is 6. The van der Waals surface area contributed by atoms with Crippen LogP contribution in [0.4, 0.5) is 0 Å². The number of hydrogen-bond acceptors (Lipinski definition) is 3. The summed E-state index contributed by atoms with van der Waals surface area (Å²) in [6.07, 6.45) is 2.08. The Hall–Kier alpha value is -0.320. The third-order valence-corrected chi connectivity index (χ3v) is 4.39. The van der Waals surface area contributed by atoms with Crippen LogP contribution in [0, 0.1) is 0 Å². The minimum atomic E-state index is 0. The molecule has 1 aromatic heterocycles. The van der Waals surface area contributed by atoms with Gasteiger partial charge in [-0.05, 0) is 28.9 Å². The van der Waals surface area contributed by atoms with E-state index < -0.39 is 0 Å². The standard InChI is InChI=1S/C16H28BrN5O.HI/c1-4-18-16(19-5-6-22-7-9-23-10-8-22)21(3)13-15-11-14(17)12-20(15)2;/h11-12H,4-10,13H2,1-3H3,(H,18,19);1H. The van der Waals surface area contributed by atoms with E-state index in [1.54, 1.807) is 0 Å². The first kappa shape index (κ1) is 21.7. The SMILES string of the molecule is CCNC(=NCCN1CCOCC1)N(C)Cc1cc(Br)cn1C.I. The van der Waals surface area contributed by atoms with Gasteiger partial charge >= 0.3 is 0 Å². The van der Waals surface area contributed by atoms with Crippen molar-refractivity contribution < 1.29 is 4.74 Å². The van der Waals surface area contributed by atoms with Crippen LogP contribution in [0.2, 0.25) is 0 Å². The highest BCUT2D eigenvalue weighted by atomic mass is 127. The lowest BCUT2D eigenvalue weighted by molar-refractivity contribution is 0.0394. The summed E-state index contributed by atoms with van der Waals surface area (Å²) in [5.74, 6) is 0.957. The number of aryl methyl sites for hydroxylation is 1. The van der Waals surface area contributed by atoms with Crippen LogP contribution in [0.25, 0.3) is 0 Å². The number of nitrogens with zero attached hydrogens (tertiary/aromatic N) is 4. The van der Waals surface area contributed by atoms with Crippen molar-refractivity contribution in [3.63, 3.8) is 0 Å². The van der Waals surface area contributed by atoms with Crippen LogP contribution in [-0.4, -0.2) is 73.3 Å². The molecule has 0 bridgehead atoms. The van der Waals surface area contributed by atoms with Crippen LogP contribution in [0.5, 0.6) is 0 Å². The van der Waals surface area contributed by atoms with E-state index in [-0.39, 0.29) is 24.0 Å². The lowest BCUT2D eigenvalue weighted by atomic mass is 10.4. The molecule has 1 N–H and O–H groups in total. The summed E-state index contributed by atoms with van der Waals surface area (Å²) >= 11 is 3.53. The summed E-state index contributed by atoms with van der Waals surface area (Å²) in [6.45, 7) is 9.30. The molecule has 1 aliphatic rings. The van der Waals surface area contributed by atoms with Crippen LogP contribution in [0.15, 0.2) is 21.7 Å². The molecular weight excluding hydrogens is 485 g/mol. The topological polar surface area (TPSA) is 45.0 Å². The fourth-order valence-electron chi connectivity index (χ4n) is 2.63. The highest BCUT2D eigenvalue weighted by molar-refractivity contribution is 14.0. The largest absolute Gasteiger partial charge is 0.379 e. The van der Waals surface area contributed by atoms with Crippen molar-refractivity contribution in [2.45, 2.75) is 13.5 Å². The molecule has 0 spiro atoms. The second-order valence-electron chi connectivity index (χ2n) is 5.81. The van der Waals surface area contributed by atoms with Crippen molar-refractivity contribution in [3.8, 4) is 0 Å². The van der Waals surface area contributed by atoms with Crippen molar-refractivity contribution in [1.29, 1.82) is 0 Å². The Balaban J connectivity index is 0.00000288. The van der Waals surface area contributed by atoms with Gasteiger partial charge in [0.15, 0.2) is 5.96 Å². The zero-order valence-corrected chi connectivity index (χ0v) is 18.7. The van der Waals surface area contributed by atoms with Crippen molar-refractivity contribution in [2.24, 2.45) is 12.0 Å². The van der Waals surface area contributed by atoms with E-state index in [2.05, 4.69) is 68.9 Å². The molecule has 1 aliphatic heterocycles.